The number of nitrogens with zero attached hydrogens (tertiary/aromatic N) is 4. The Balaban J connectivity index is 2.24. The highest BCUT2D eigenvalue weighted by atomic mass is 16.5. The number of methoxy groups -OCH3 is 1. The van der Waals surface area contributed by atoms with Crippen molar-refractivity contribution in [3.8, 4) is 5.88 Å². The van der Waals surface area contributed by atoms with Crippen LogP contribution in [0.5, 0.6) is 5.88 Å². The second kappa shape index (κ2) is 6.85. The molecule has 0 aliphatic carbocycles. The summed E-state index contributed by atoms with van der Waals surface area (Å²) in [7, 11) is 3.42. The summed E-state index contributed by atoms with van der Waals surface area (Å²) in [5.41, 5.74) is 6.88. The van der Waals surface area contributed by atoms with Gasteiger partial charge in [-0.1, -0.05) is 6.07 Å². The molecule has 2 aromatic heterocycles. The average molecular weight is 289 g/mol. The van der Waals surface area contributed by atoms with E-state index in [1.807, 2.05) is 18.0 Å². The monoisotopic (exact) mass is 289 g/mol. The summed E-state index contributed by atoms with van der Waals surface area (Å²) in [6.07, 6.45) is 3.29. The van der Waals surface area contributed by atoms with Crippen LogP contribution in [0.25, 0.3) is 0 Å². The van der Waals surface area contributed by atoms with Crippen molar-refractivity contribution in [1.82, 2.24) is 14.8 Å². The van der Waals surface area contributed by atoms with Crippen LogP contribution in [0.2, 0.25) is 0 Å². The topological polar surface area (TPSA) is 86.3 Å². The lowest BCUT2D eigenvalue weighted by Gasteiger charge is -2.17. The number of likely N-dealkylation sites (N-methyl/N-ethyl adjacent to an activating group) is 1. The van der Waals surface area contributed by atoms with Crippen LogP contribution in [0.15, 0.2) is 35.4 Å². The van der Waals surface area contributed by atoms with Gasteiger partial charge in [0, 0.05) is 38.0 Å². The lowest BCUT2D eigenvalue weighted by molar-refractivity contribution is 0.389. The Morgan fingerprint density at radius 1 is 1.48 bits per heavy atom. The Hall–Kier alpha value is -2.41. The smallest absolute Gasteiger partial charge is 0.269 e. The summed E-state index contributed by atoms with van der Waals surface area (Å²) in [5.74, 6) is 0.496. The first-order valence-electron chi connectivity index (χ1n) is 6.62. The first kappa shape index (κ1) is 15.0. The van der Waals surface area contributed by atoms with Crippen molar-refractivity contribution in [1.29, 1.82) is 0 Å². The molecule has 2 heterocycles. The van der Waals surface area contributed by atoms with Crippen LogP contribution >= 0.6 is 0 Å². The van der Waals surface area contributed by atoms with Crippen LogP contribution < -0.4 is 20.9 Å². The minimum atomic E-state index is -0.178. The molecule has 0 bridgehead atoms. The van der Waals surface area contributed by atoms with Gasteiger partial charge < -0.3 is 15.4 Å². The molecule has 7 nitrogen and oxygen atoms in total. The zero-order valence-corrected chi connectivity index (χ0v) is 12.2. The highest BCUT2D eigenvalue weighted by Gasteiger charge is 2.08. The summed E-state index contributed by atoms with van der Waals surface area (Å²) in [5, 5.41) is 4.19. The number of hydrogen-bond acceptors (Lipinski definition) is 6. The van der Waals surface area contributed by atoms with Crippen molar-refractivity contribution in [2.45, 2.75) is 6.54 Å². The Labute approximate surface area is 123 Å². The standard InChI is InChI=1S/C14H19N5O2/c1-18(7-5-15)12-8-13(20)19(17-9-12)10-11-4-3-6-16-14(11)21-2/h3-4,6,8-9H,5,7,10,15H2,1-2H3. The molecule has 0 spiro atoms. The van der Waals surface area contributed by atoms with Gasteiger partial charge in [-0.2, -0.15) is 5.10 Å². The van der Waals surface area contributed by atoms with Gasteiger partial charge in [-0.05, 0) is 6.07 Å². The molecule has 0 aliphatic rings. The molecule has 2 N–H and O–H groups in total. The summed E-state index contributed by atoms with van der Waals surface area (Å²) in [6, 6.07) is 5.20. The van der Waals surface area contributed by atoms with E-state index in [1.54, 1.807) is 31.6 Å². The molecule has 0 unspecified atom stereocenters. The fourth-order valence-corrected chi connectivity index (χ4v) is 1.96. The minimum Gasteiger partial charge on any atom is -0.481 e. The van der Waals surface area contributed by atoms with E-state index in [0.29, 0.717) is 25.5 Å². The fraction of sp³-hybridized carbons (Fsp3) is 0.357. The maximum absolute atomic E-state index is 12.1. The van der Waals surface area contributed by atoms with E-state index in [0.717, 1.165) is 11.3 Å². The van der Waals surface area contributed by atoms with Crippen LogP contribution in [0.4, 0.5) is 5.69 Å². The van der Waals surface area contributed by atoms with E-state index in [2.05, 4.69) is 10.1 Å². The molecule has 0 fully saturated rings. The van der Waals surface area contributed by atoms with Crippen molar-refractivity contribution >= 4 is 5.69 Å². The van der Waals surface area contributed by atoms with Gasteiger partial charge in [-0.25, -0.2) is 9.67 Å². The van der Waals surface area contributed by atoms with Crippen molar-refractivity contribution in [3.05, 3.63) is 46.5 Å². The van der Waals surface area contributed by atoms with Crippen LogP contribution in [-0.4, -0.2) is 42.0 Å². The minimum absolute atomic E-state index is 0.178. The van der Waals surface area contributed by atoms with Gasteiger partial charge in [0.1, 0.15) is 0 Å². The Bertz CT molecular complexity index is 656. The van der Waals surface area contributed by atoms with E-state index in [-0.39, 0.29) is 5.56 Å². The van der Waals surface area contributed by atoms with E-state index < -0.39 is 0 Å². The van der Waals surface area contributed by atoms with E-state index in [9.17, 15) is 4.79 Å². The molecule has 0 saturated heterocycles. The molecule has 0 saturated carbocycles. The first-order valence-corrected chi connectivity index (χ1v) is 6.62. The predicted molar refractivity (Wildman–Crippen MR) is 80.7 cm³/mol. The number of rotatable bonds is 6. The third-order valence-corrected chi connectivity index (χ3v) is 3.12. The molecule has 0 radical (unpaired) electrons. The molecule has 2 rings (SSSR count). The van der Waals surface area contributed by atoms with Crippen molar-refractivity contribution in [2.75, 3.05) is 32.1 Å². The molecule has 0 atom stereocenters. The second-order valence-corrected chi connectivity index (χ2v) is 4.59. The molecular weight excluding hydrogens is 270 g/mol. The highest BCUT2D eigenvalue weighted by Crippen LogP contribution is 2.14. The second-order valence-electron chi connectivity index (χ2n) is 4.59. The summed E-state index contributed by atoms with van der Waals surface area (Å²) in [6.45, 7) is 1.50. The number of pyridine rings is 1. The van der Waals surface area contributed by atoms with Crippen molar-refractivity contribution in [2.24, 2.45) is 5.73 Å². The maximum atomic E-state index is 12.1. The van der Waals surface area contributed by atoms with Crippen LogP contribution in [0, 0.1) is 0 Å². The SMILES string of the molecule is COc1ncccc1Cn1ncc(N(C)CCN)cc1=O. The first-order chi connectivity index (χ1) is 10.2. The van der Waals surface area contributed by atoms with Gasteiger partial charge in [0.15, 0.2) is 0 Å². The summed E-state index contributed by atoms with van der Waals surface area (Å²) < 4.78 is 6.55. The number of nitrogens with two attached hydrogens (primary N) is 1. The zero-order chi connectivity index (χ0) is 15.2. The van der Waals surface area contributed by atoms with Crippen LogP contribution in [-0.2, 0) is 6.54 Å². The molecule has 0 aliphatic heterocycles. The lowest BCUT2D eigenvalue weighted by Crippen LogP contribution is -2.29. The molecule has 7 heteroatoms. The molecule has 112 valence electrons. The highest BCUT2D eigenvalue weighted by molar-refractivity contribution is 5.41. The average Bonchev–Trinajstić information content (AvgIpc) is 2.50. The maximum Gasteiger partial charge on any atom is 0.269 e. The quantitative estimate of drug-likeness (QED) is 0.811. The molecule has 0 aromatic carbocycles. The Kier molecular flexibility index (Phi) is 4.89. The molecular formula is C14H19N5O2. The summed E-state index contributed by atoms with van der Waals surface area (Å²) >= 11 is 0. The van der Waals surface area contributed by atoms with Crippen molar-refractivity contribution in [3.63, 3.8) is 0 Å². The predicted octanol–water partition coefficient (Wildman–Crippen LogP) is 0.0901. The van der Waals surface area contributed by atoms with Gasteiger partial charge in [0.05, 0.1) is 25.5 Å². The van der Waals surface area contributed by atoms with Crippen LogP contribution in [0.1, 0.15) is 5.56 Å². The van der Waals surface area contributed by atoms with E-state index >= 15 is 0 Å². The number of ether oxygens (including phenoxy) is 1. The summed E-state index contributed by atoms with van der Waals surface area (Å²) in [4.78, 5) is 18.1. The van der Waals surface area contributed by atoms with Gasteiger partial charge in [0.2, 0.25) is 5.88 Å². The lowest BCUT2D eigenvalue weighted by atomic mass is 10.2. The third kappa shape index (κ3) is 3.57. The molecule has 21 heavy (non-hydrogen) atoms. The van der Waals surface area contributed by atoms with Crippen molar-refractivity contribution < 1.29 is 4.74 Å². The van der Waals surface area contributed by atoms with E-state index in [4.69, 9.17) is 10.5 Å². The molecule has 0 amide bonds. The van der Waals surface area contributed by atoms with Gasteiger partial charge in [-0.3, -0.25) is 4.79 Å². The van der Waals surface area contributed by atoms with Gasteiger partial charge in [0.25, 0.3) is 5.56 Å². The number of hydrogen-bond donors (Lipinski definition) is 1. The number of aromatic nitrogens is 3. The Morgan fingerprint density at radius 3 is 2.95 bits per heavy atom. The van der Waals surface area contributed by atoms with Gasteiger partial charge >= 0.3 is 0 Å². The normalized spacial score (nSPS) is 10.4. The largest absolute Gasteiger partial charge is 0.481 e. The van der Waals surface area contributed by atoms with E-state index in [1.165, 1.54) is 4.68 Å². The fourth-order valence-electron chi connectivity index (χ4n) is 1.96. The third-order valence-electron chi connectivity index (χ3n) is 3.12. The Morgan fingerprint density at radius 2 is 2.29 bits per heavy atom. The number of anilines is 1. The van der Waals surface area contributed by atoms with Gasteiger partial charge in [-0.15, -0.1) is 0 Å². The van der Waals surface area contributed by atoms with Crippen LogP contribution in [0.3, 0.4) is 0 Å². The zero-order valence-electron chi connectivity index (χ0n) is 12.2. The molecule has 2 aromatic rings.